The molecule has 130 valence electrons. The zero-order valence-electron chi connectivity index (χ0n) is 11.5. The average molecular weight is 366 g/mol. The minimum atomic E-state index is -5.39. The molecule has 0 aliphatic heterocycles. The monoisotopic (exact) mass is 365 g/mol. The Morgan fingerprint density at radius 3 is 2.30 bits per heavy atom. The molecule has 0 atom stereocenters. The van der Waals surface area contributed by atoms with E-state index >= 15 is 0 Å². The van der Waals surface area contributed by atoms with Crippen molar-refractivity contribution in [1.82, 2.24) is 4.98 Å². The maximum absolute atomic E-state index is 12.9. The molecule has 0 spiro atoms. The lowest BCUT2D eigenvalue weighted by molar-refractivity contribution is -0.276. The Balaban J connectivity index is 3.50. The third-order valence-electron chi connectivity index (χ3n) is 2.49. The lowest BCUT2D eigenvalue weighted by Crippen LogP contribution is -2.23. The van der Waals surface area contributed by atoms with Gasteiger partial charge in [0.2, 0.25) is 0 Å². The Labute approximate surface area is 131 Å². The first-order valence-corrected chi connectivity index (χ1v) is 6.58. The Kier molecular flexibility index (Phi) is 6.09. The molecule has 0 fully saturated rings. The fraction of sp³-hybridized carbons (Fsp3) is 0.500. The van der Waals surface area contributed by atoms with E-state index in [-0.39, 0.29) is 18.5 Å². The third-order valence-corrected chi connectivity index (χ3v) is 2.75. The summed E-state index contributed by atoms with van der Waals surface area (Å²) in [6.45, 7) is 1.33. The van der Waals surface area contributed by atoms with Gasteiger partial charge in [0, 0.05) is 11.8 Å². The first-order valence-electron chi connectivity index (χ1n) is 6.04. The highest BCUT2D eigenvalue weighted by Crippen LogP contribution is 2.41. The van der Waals surface area contributed by atoms with Crippen LogP contribution in [0.4, 0.5) is 26.3 Å². The van der Waals surface area contributed by atoms with Crippen LogP contribution in [0.2, 0.25) is 0 Å². The number of hydrogen-bond acceptors (Lipinski definition) is 4. The normalized spacial score (nSPS) is 12.2. The zero-order valence-corrected chi connectivity index (χ0v) is 12.3. The van der Waals surface area contributed by atoms with E-state index < -0.39 is 47.7 Å². The smallest absolute Gasteiger partial charge is 0.466 e. The SMILES string of the molecule is CCOC(=O)Cc1c(CCl)ncc(C(F)(F)F)c1OC(F)(F)F. The molecule has 1 heterocycles. The van der Waals surface area contributed by atoms with Crippen molar-refractivity contribution in [3.63, 3.8) is 0 Å². The second kappa shape index (κ2) is 7.24. The predicted octanol–water partition coefficient (Wildman–Crippen LogP) is 3.84. The summed E-state index contributed by atoms with van der Waals surface area (Å²) in [5.41, 5.74) is -2.82. The van der Waals surface area contributed by atoms with Crippen molar-refractivity contribution in [3.8, 4) is 5.75 Å². The van der Waals surface area contributed by atoms with Gasteiger partial charge in [-0.15, -0.1) is 24.8 Å². The standard InChI is InChI=1S/C12H10ClF6NO3/c1-2-22-9(21)3-6-8(4-13)20-5-7(11(14,15)16)10(6)23-12(17,18)19/h5H,2-4H2,1H3. The molecule has 1 aromatic heterocycles. The topological polar surface area (TPSA) is 48.4 Å². The summed E-state index contributed by atoms with van der Waals surface area (Å²) in [6.07, 6.45) is -11.3. The van der Waals surface area contributed by atoms with Gasteiger partial charge in [0.05, 0.1) is 24.6 Å². The second-order valence-electron chi connectivity index (χ2n) is 4.09. The van der Waals surface area contributed by atoms with Gasteiger partial charge in [-0.05, 0) is 6.92 Å². The molecule has 0 saturated heterocycles. The molecule has 1 aromatic rings. The number of pyridine rings is 1. The van der Waals surface area contributed by atoms with Crippen molar-refractivity contribution < 1.29 is 40.6 Å². The summed E-state index contributed by atoms with van der Waals surface area (Å²) in [5.74, 6) is -3.10. The average Bonchev–Trinajstić information content (AvgIpc) is 2.37. The number of hydrogen-bond donors (Lipinski definition) is 0. The van der Waals surface area contributed by atoms with Gasteiger partial charge in [0.15, 0.2) is 0 Å². The summed E-state index contributed by atoms with van der Waals surface area (Å²) < 4.78 is 84.0. The largest absolute Gasteiger partial charge is 0.573 e. The summed E-state index contributed by atoms with van der Waals surface area (Å²) >= 11 is 5.47. The van der Waals surface area contributed by atoms with Crippen LogP contribution in [0.3, 0.4) is 0 Å². The van der Waals surface area contributed by atoms with Crippen LogP contribution in [0.25, 0.3) is 0 Å². The molecule has 0 amide bonds. The molecule has 23 heavy (non-hydrogen) atoms. The van der Waals surface area contributed by atoms with Gasteiger partial charge in [-0.2, -0.15) is 13.2 Å². The first-order chi connectivity index (χ1) is 10.5. The number of carbonyl (C=O) groups is 1. The van der Waals surface area contributed by atoms with Gasteiger partial charge >= 0.3 is 18.5 Å². The Morgan fingerprint density at radius 2 is 1.87 bits per heavy atom. The number of rotatable bonds is 5. The third kappa shape index (κ3) is 5.45. The number of alkyl halides is 7. The highest BCUT2D eigenvalue weighted by atomic mass is 35.5. The molecule has 0 N–H and O–H groups in total. The lowest BCUT2D eigenvalue weighted by atomic mass is 10.1. The predicted molar refractivity (Wildman–Crippen MR) is 65.8 cm³/mol. The second-order valence-corrected chi connectivity index (χ2v) is 4.35. The van der Waals surface area contributed by atoms with E-state index in [1.165, 1.54) is 6.92 Å². The summed E-state index contributed by atoms with van der Waals surface area (Å²) in [5, 5.41) is 0. The maximum atomic E-state index is 12.9. The Bertz CT molecular complexity index is 573. The molecule has 4 nitrogen and oxygen atoms in total. The molecule has 0 bridgehead atoms. The maximum Gasteiger partial charge on any atom is 0.573 e. The molecule has 0 unspecified atom stereocenters. The van der Waals surface area contributed by atoms with Crippen LogP contribution in [0.15, 0.2) is 6.20 Å². The number of esters is 1. The molecule has 0 aromatic carbocycles. The number of halogens is 7. The van der Waals surface area contributed by atoms with E-state index in [0.29, 0.717) is 0 Å². The van der Waals surface area contributed by atoms with Gasteiger partial charge < -0.3 is 9.47 Å². The lowest BCUT2D eigenvalue weighted by Gasteiger charge is -2.19. The summed E-state index contributed by atoms with van der Waals surface area (Å²) in [6, 6.07) is 0. The summed E-state index contributed by atoms with van der Waals surface area (Å²) in [4.78, 5) is 14.8. The van der Waals surface area contributed by atoms with Crippen LogP contribution in [0.5, 0.6) is 5.75 Å². The van der Waals surface area contributed by atoms with Crippen molar-refractivity contribution in [3.05, 3.63) is 23.0 Å². The number of carbonyl (C=O) groups excluding carboxylic acids is 1. The van der Waals surface area contributed by atoms with Crippen LogP contribution in [-0.2, 0) is 28.0 Å². The van der Waals surface area contributed by atoms with Gasteiger partial charge in [-0.1, -0.05) is 0 Å². The van der Waals surface area contributed by atoms with Crippen LogP contribution in [-0.4, -0.2) is 23.9 Å². The van der Waals surface area contributed by atoms with Crippen molar-refractivity contribution in [1.29, 1.82) is 0 Å². The molecule has 0 aliphatic rings. The number of nitrogens with zero attached hydrogens (tertiary/aromatic N) is 1. The Morgan fingerprint density at radius 1 is 1.26 bits per heavy atom. The van der Waals surface area contributed by atoms with Crippen molar-refractivity contribution in [2.24, 2.45) is 0 Å². The van der Waals surface area contributed by atoms with E-state index in [4.69, 9.17) is 11.6 Å². The highest BCUT2D eigenvalue weighted by molar-refractivity contribution is 6.17. The molecular formula is C12H10ClF6NO3. The molecule has 1 rings (SSSR count). The fourth-order valence-electron chi connectivity index (χ4n) is 1.66. The minimum absolute atomic E-state index is 0.100. The van der Waals surface area contributed by atoms with Crippen LogP contribution < -0.4 is 4.74 Å². The van der Waals surface area contributed by atoms with Crippen molar-refractivity contribution in [2.45, 2.75) is 31.8 Å². The number of aromatic nitrogens is 1. The van der Waals surface area contributed by atoms with Crippen molar-refractivity contribution >= 4 is 17.6 Å². The van der Waals surface area contributed by atoms with E-state index in [1.807, 2.05) is 0 Å². The molecule has 0 radical (unpaired) electrons. The molecule has 11 heteroatoms. The molecule has 0 aliphatic carbocycles. The van der Waals surface area contributed by atoms with Gasteiger partial charge in [0.25, 0.3) is 0 Å². The van der Waals surface area contributed by atoms with E-state index in [1.54, 1.807) is 0 Å². The first kappa shape index (κ1) is 19.3. The van der Waals surface area contributed by atoms with Crippen molar-refractivity contribution in [2.75, 3.05) is 6.61 Å². The minimum Gasteiger partial charge on any atom is -0.466 e. The quantitative estimate of drug-likeness (QED) is 0.452. The van der Waals surface area contributed by atoms with E-state index in [0.717, 1.165) is 0 Å². The highest BCUT2D eigenvalue weighted by Gasteiger charge is 2.42. The molecular weight excluding hydrogens is 356 g/mol. The van der Waals surface area contributed by atoms with E-state index in [2.05, 4.69) is 14.5 Å². The Hall–Kier alpha value is -1.71. The van der Waals surface area contributed by atoms with Gasteiger partial charge in [0.1, 0.15) is 11.3 Å². The number of ether oxygens (including phenoxy) is 2. The van der Waals surface area contributed by atoms with Crippen LogP contribution in [0, 0.1) is 0 Å². The van der Waals surface area contributed by atoms with Crippen LogP contribution >= 0.6 is 11.6 Å². The van der Waals surface area contributed by atoms with E-state index in [9.17, 15) is 31.1 Å². The van der Waals surface area contributed by atoms with Crippen LogP contribution in [0.1, 0.15) is 23.7 Å². The molecule has 0 saturated carbocycles. The zero-order chi connectivity index (χ0) is 17.8. The van der Waals surface area contributed by atoms with Gasteiger partial charge in [-0.3, -0.25) is 9.78 Å². The van der Waals surface area contributed by atoms with Gasteiger partial charge in [-0.25, -0.2) is 0 Å². The summed E-state index contributed by atoms with van der Waals surface area (Å²) in [7, 11) is 0. The fourth-order valence-corrected chi connectivity index (χ4v) is 1.89.